The molecule has 1 aliphatic heterocycles. The number of rotatable bonds is 3. The molecular weight excluding hydrogens is 548 g/mol. The number of aliphatic hydroxyl groups excluding tert-OH is 2. The lowest BCUT2D eigenvalue weighted by Gasteiger charge is -2.25. The Kier molecular flexibility index (Phi) is 5.06. The minimum atomic E-state index is -1.77. The number of carboxylic acids is 2. The Labute approximate surface area is 223 Å². The minimum Gasteiger partial charge on any atom is -0.504 e. The van der Waals surface area contributed by atoms with Crippen molar-refractivity contribution in [3.05, 3.63) is 77.7 Å². The van der Waals surface area contributed by atoms with Gasteiger partial charge in [0.25, 0.3) is 0 Å². The molecule has 6 N–H and O–H groups in total. The largest absolute Gasteiger partial charge is 0.504 e. The van der Waals surface area contributed by atoms with Gasteiger partial charge in [0.2, 0.25) is 5.43 Å². The summed E-state index contributed by atoms with van der Waals surface area (Å²) in [5, 5.41) is 58.0. The third-order valence-electron chi connectivity index (χ3n) is 6.84. The van der Waals surface area contributed by atoms with Crippen molar-refractivity contribution in [1.29, 1.82) is 0 Å². The zero-order valence-corrected chi connectivity index (χ0v) is 20.3. The van der Waals surface area contributed by atoms with Crippen LogP contribution in [0.4, 0.5) is 0 Å². The molecule has 41 heavy (non-hydrogen) atoms. The van der Waals surface area contributed by atoms with Crippen molar-refractivity contribution >= 4 is 62.3 Å². The van der Waals surface area contributed by atoms with Crippen LogP contribution < -0.4 is 21.7 Å². The molecule has 0 amide bonds. The summed E-state index contributed by atoms with van der Waals surface area (Å²) in [6.45, 7) is 1.08. The number of phenols is 2. The summed E-state index contributed by atoms with van der Waals surface area (Å²) in [5.74, 6) is -8.07. The summed E-state index contributed by atoms with van der Waals surface area (Å²) in [4.78, 5) is 63.7. The number of aromatic hydroxyl groups is 2. The number of aliphatic hydroxyl groups is 2. The quantitative estimate of drug-likeness (QED) is 0.116. The molecule has 0 saturated carbocycles. The molecule has 0 saturated heterocycles. The predicted octanol–water partition coefficient (Wildman–Crippen LogP) is 1.00. The van der Waals surface area contributed by atoms with E-state index in [2.05, 4.69) is 0 Å². The molecule has 4 aromatic rings. The van der Waals surface area contributed by atoms with E-state index in [-0.39, 0.29) is 27.1 Å². The molecule has 1 unspecified atom stereocenters. The first-order valence-corrected chi connectivity index (χ1v) is 11.5. The van der Waals surface area contributed by atoms with E-state index in [1.807, 2.05) is 0 Å². The number of aromatic carboxylic acids is 1. The van der Waals surface area contributed by atoms with Crippen LogP contribution in [-0.2, 0) is 9.53 Å². The third-order valence-corrected chi connectivity index (χ3v) is 6.84. The molecular formula is C27H14O14. The monoisotopic (exact) mass is 562 g/mol. The van der Waals surface area contributed by atoms with E-state index < -0.39 is 96.4 Å². The van der Waals surface area contributed by atoms with Gasteiger partial charge < -0.3 is 44.2 Å². The summed E-state index contributed by atoms with van der Waals surface area (Å²) in [6.07, 6.45) is 0.697. The third kappa shape index (κ3) is 3.27. The van der Waals surface area contributed by atoms with E-state index in [1.165, 1.54) is 0 Å². The van der Waals surface area contributed by atoms with Gasteiger partial charge >= 0.3 is 17.6 Å². The smallest absolute Gasteiger partial charge is 0.344 e. The van der Waals surface area contributed by atoms with Gasteiger partial charge in [-0.25, -0.2) is 14.4 Å². The molecule has 6 rings (SSSR count). The number of ether oxygens (including phenoxy) is 1. The van der Waals surface area contributed by atoms with E-state index in [1.54, 1.807) is 0 Å². The first-order valence-electron chi connectivity index (χ1n) is 11.5. The van der Waals surface area contributed by atoms with Gasteiger partial charge in [-0.2, -0.15) is 0 Å². The lowest BCUT2D eigenvalue weighted by atomic mass is 9.90. The Morgan fingerprint density at radius 1 is 0.878 bits per heavy atom. The molecule has 0 bridgehead atoms. The number of aliphatic carboxylic acids is 1. The molecule has 2 aliphatic rings. The molecule has 14 nitrogen and oxygen atoms in total. The van der Waals surface area contributed by atoms with E-state index in [9.17, 15) is 54.6 Å². The van der Waals surface area contributed by atoms with E-state index in [0.29, 0.717) is 0 Å². The molecule has 2 aromatic heterocycles. The number of Topliss-reactive ketones (excluding diaryl/α,β-unsaturated/α-hetero) is 1. The molecule has 2 aromatic carbocycles. The highest BCUT2D eigenvalue weighted by molar-refractivity contribution is 6.18. The summed E-state index contributed by atoms with van der Waals surface area (Å²) in [7, 11) is 0. The first kappa shape index (κ1) is 25.2. The Bertz CT molecular complexity index is 2300. The summed E-state index contributed by atoms with van der Waals surface area (Å²) < 4.78 is 16.7. The van der Waals surface area contributed by atoms with Crippen LogP contribution in [-0.4, -0.2) is 54.5 Å². The highest BCUT2D eigenvalue weighted by atomic mass is 16.5. The topological polar surface area (TPSA) is 242 Å². The highest BCUT2D eigenvalue weighted by Crippen LogP contribution is 2.37. The van der Waals surface area contributed by atoms with Crippen molar-refractivity contribution in [2.75, 3.05) is 0 Å². The van der Waals surface area contributed by atoms with Crippen LogP contribution in [0.1, 0.15) is 27.6 Å². The van der Waals surface area contributed by atoms with Crippen molar-refractivity contribution in [3.63, 3.8) is 0 Å². The van der Waals surface area contributed by atoms with Crippen LogP contribution in [0.5, 0.6) is 11.5 Å². The molecule has 3 heterocycles. The van der Waals surface area contributed by atoms with Crippen molar-refractivity contribution in [3.8, 4) is 11.5 Å². The van der Waals surface area contributed by atoms with Crippen molar-refractivity contribution in [2.24, 2.45) is 0 Å². The molecule has 1 atom stereocenters. The van der Waals surface area contributed by atoms with Gasteiger partial charge in [-0.05, 0) is 13.0 Å². The van der Waals surface area contributed by atoms with Gasteiger partial charge in [0.05, 0.1) is 38.8 Å². The molecule has 0 fully saturated rings. The fourth-order valence-electron chi connectivity index (χ4n) is 5.15. The normalized spacial score (nSPS) is 16.2. The van der Waals surface area contributed by atoms with Gasteiger partial charge in [-0.3, -0.25) is 9.59 Å². The predicted molar refractivity (Wildman–Crippen MR) is 136 cm³/mol. The maximum atomic E-state index is 13.5. The summed E-state index contributed by atoms with van der Waals surface area (Å²) >= 11 is 0. The SMILES string of the molecule is CC(=O)c1c2oc3cc(O)c(O)c(C(=O)O)c3c(=O)c2cc2c(=O)oc3c(c12)=COC1C=C(O)C(O)=C(C(=O)O)C=31. The Morgan fingerprint density at radius 2 is 1.59 bits per heavy atom. The maximum absolute atomic E-state index is 13.5. The number of benzene rings is 2. The van der Waals surface area contributed by atoms with E-state index in [0.717, 1.165) is 31.4 Å². The van der Waals surface area contributed by atoms with Crippen LogP contribution in [0.25, 0.3) is 44.5 Å². The highest BCUT2D eigenvalue weighted by Gasteiger charge is 2.36. The second kappa shape index (κ2) is 8.22. The molecule has 206 valence electrons. The zero-order chi connectivity index (χ0) is 29.7. The van der Waals surface area contributed by atoms with Crippen LogP contribution in [0.2, 0.25) is 0 Å². The number of fused-ring (bicyclic) bond motifs is 6. The summed E-state index contributed by atoms with van der Waals surface area (Å²) in [6, 6.07) is 1.76. The number of carbonyl (C=O) groups excluding carboxylic acids is 1. The fourth-order valence-corrected chi connectivity index (χ4v) is 5.15. The van der Waals surface area contributed by atoms with Crippen LogP contribution in [0, 0.1) is 0 Å². The summed E-state index contributed by atoms with van der Waals surface area (Å²) in [5.41, 5.74) is -6.05. The number of carboxylic acid groups (broad SMARTS) is 2. The van der Waals surface area contributed by atoms with Gasteiger partial charge in [-0.1, -0.05) is 0 Å². The van der Waals surface area contributed by atoms with Crippen molar-refractivity contribution in [1.82, 2.24) is 0 Å². The zero-order valence-electron chi connectivity index (χ0n) is 20.3. The van der Waals surface area contributed by atoms with Gasteiger partial charge in [0.1, 0.15) is 33.8 Å². The number of hydrogen-bond donors (Lipinski definition) is 6. The average molecular weight is 562 g/mol. The van der Waals surface area contributed by atoms with Gasteiger partial charge in [0, 0.05) is 17.5 Å². The van der Waals surface area contributed by atoms with Crippen LogP contribution in [0.15, 0.2) is 53.7 Å². The van der Waals surface area contributed by atoms with E-state index >= 15 is 0 Å². The minimum absolute atomic E-state index is 0.137. The molecule has 0 spiro atoms. The van der Waals surface area contributed by atoms with Crippen molar-refractivity contribution < 1.29 is 58.6 Å². The number of phenolic OH excluding ortho intramolecular Hbond substituents is 1. The number of carbonyl (C=O) groups is 3. The fraction of sp³-hybridized carbons (Fsp3) is 0.0741. The second-order valence-electron chi connectivity index (χ2n) is 9.14. The molecule has 1 aliphatic carbocycles. The molecule has 14 heteroatoms. The van der Waals surface area contributed by atoms with Gasteiger partial charge in [0.15, 0.2) is 28.8 Å². The van der Waals surface area contributed by atoms with Crippen LogP contribution >= 0.6 is 0 Å². The lowest BCUT2D eigenvalue weighted by molar-refractivity contribution is -0.132. The van der Waals surface area contributed by atoms with E-state index in [4.69, 9.17) is 13.6 Å². The number of ketones is 1. The van der Waals surface area contributed by atoms with Crippen LogP contribution in [0.3, 0.4) is 0 Å². The Balaban J connectivity index is 1.90. The standard InChI is InChI=1S/C27H14O14/c1-6(28)14-15-7(2-8-20(31)16-13(40-23(8)14)4-11(30)21(32)18(16)25(34)35)27(38)41-24-9(15)5-39-12-3-10(29)22(33)19(17(12)24)26(36)37/h2-5,12,29-30,32-33H,1H3,(H,34,35)(H,36,37). The van der Waals surface area contributed by atoms with Gasteiger partial charge in [-0.15, -0.1) is 0 Å². The maximum Gasteiger partial charge on any atom is 0.344 e. The number of hydrogen-bond acceptors (Lipinski definition) is 12. The lowest BCUT2D eigenvalue weighted by Crippen LogP contribution is -2.42. The van der Waals surface area contributed by atoms with Crippen molar-refractivity contribution in [2.45, 2.75) is 13.0 Å². The Morgan fingerprint density at radius 3 is 2.22 bits per heavy atom. The molecule has 0 radical (unpaired) electrons. The average Bonchev–Trinajstić information content (AvgIpc) is 2.89. The second-order valence-corrected chi connectivity index (χ2v) is 9.14. The Hall–Kier alpha value is -6.05. The first-order chi connectivity index (χ1) is 19.3.